The van der Waals surface area contributed by atoms with Crippen molar-refractivity contribution in [2.75, 3.05) is 33.4 Å². The summed E-state index contributed by atoms with van der Waals surface area (Å²) >= 11 is 0.434. The Morgan fingerprint density at radius 1 is 1.36 bits per heavy atom. The summed E-state index contributed by atoms with van der Waals surface area (Å²) in [6.07, 6.45) is -2.68. The van der Waals surface area contributed by atoms with Crippen LogP contribution in [0.5, 0.6) is 0 Å². The van der Waals surface area contributed by atoms with E-state index >= 15 is 0 Å². The summed E-state index contributed by atoms with van der Waals surface area (Å²) in [6, 6.07) is 0.0760. The van der Waals surface area contributed by atoms with Crippen LogP contribution in [0.1, 0.15) is 18.5 Å². The van der Waals surface area contributed by atoms with E-state index in [0.29, 0.717) is 11.3 Å². The maximum absolute atomic E-state index is 12.7. The molecule has 1 unspecified atom stereocenters. The Kier molecular flexibility index (Phi) is 8.00. The minimum Gasteiger partial charge on any atom is -0.447 e. The molecule has 1 aromatic rings. The first-order chi connectivity index (χ1) is 15.2. The van der Waals surface area contributed by atoms with Gasteiger partial charge in [-0.25, -0.2) is 26.8 Å². The molecule has 0 spiro atoms. The van der Waals surface area contributed by atoms with Crippen molar-refractivity contribution in [2.24, 2.45) is 5.14 Å². The molecule has 0 fully saturated rings. The number of thiophene rings is 1. The fourth-order valence-corrected chi connectivity index (χ4v) is 6.92. The van der Waals surface area contributed by atoms with Gasteiger partial charge in [-0.15, -0.1) is 31.6 Å². The second-order valence-electron chi connectivity index (χ2n) is 6.49. The van der Waals surface area contributed by atoms with Crippen LogP contribution in [-0.4, -0.2) is 81.8 Å². The van der Waals surface area contributed by atoms with E-state index in [4.69, 9.17) is 9.88 Å². The Labute approximate surface area is 190 Å². The molecule has 2 heterocycles. The summed E-state index contributed by atoms with van der Waals surface area (Å²) in [6.45, 7) is -0.464. The SMILES string of the molecule is CCN(C(=O)OCC(CO[N+](=O)[O-])O[N+](=O)[O-])[C@H]1CN(C)S(=O)(=O)c2sc(S(N)(=O)=O)cc21. The van der Waals surface area contributed by atoms with Gasteiger partial charge in [0, 0.05) is 25.7 Å². The number of rotatable bonds is 10. The highest BCUT2D eigenvalue weighted by Gasteiger charge is 2.42. The monoisotopic (exact) mass is 533 g/mol. The number of nitrogens with zero attached hydrogens (tertiary/aromatic N) is 4. The molecule has 2 rings (SSSR count). The van der Waals surface area contributed by atoms with Gasteiger partial charge >= 0.3 is 6.09 Å². The molecule has 33 heavy (non-hydrogen) atoms. The number of hydrogen-bond donors (Lipinski definition) is 1. The Hall–Kier alpha value is -2.81. The van der Waals surface area contributed by atoms with Crippen LogP contribution in [-0.2, 0) is 34.5 Å². The zero-order chi connectivity index (χ0) is 25.1. The second kappa shape index (κ2) is 9.99. The smallest absolute Gasteiger partial charge is 0.410 e. The maximum Gasteiger partial charge on any atom is 0.410 e. The number of fused-ring (bicyclic) bond motifs is 1. The van der Waals surface area contributed by atoms with E-state index in [2.05, 4.69) is 9.68 Å². The average Bonchev–Trinajstić information content (AvgIpc) is 3.15. The van der Waals surface area contributed by atoms with Crippen molar-refractivity contribution >= 4 is 37.5 Å². The fraction of sp³-hybridized carbons (Fsp3) is 0.615. The van der Waals surface area contributed by atoms with Crippen LogP contribution in [0.25, 0.3) is 0 Å². The lowest BCUT2D eigenvalue weighted by atomic mass is 10.1. The summed E-state index contributed by atoms with van der Waals surface area (Å²) in [7, 11) is -7.04. The number of nitrogens with two attached hydrogens (primary N) is 1. The zero-order valence-corrected chi connectivity index (χ0v) is 19.5. The first-order valence-corrected chi connectivity index (χ1v) is 12.6. The molecule has 20 heteroatoms. The van der Waals surface area contributed by atoms with E-state index in [1.54, 1.807) is 0 Å². The third-order valence-corrected chi connectivity index (χ3v) is 9.28. The van der Waals surface area contributed by atoms with Crippen LogP contribution in [0.2, 0.25) is 0 Å². The molecular formula is C13H19N5O12S3. The lowest BCUT2D eigenvalue weighted by Gasteiger charge is -2.36. The van der Waals surface area contributed by atoms with Gasteiger partial charge in [-0.2, -0.15) is 4.31 Å². The van der Waals surface area contributed by atoms with Crippen molar-refractivity contribution in [1.82, 2.24) is 9.21 Å². The molecule has 0 saturated heterocycles. The van der Waals surface area contributed by atoms with Crippen LogP contribution in [0.4, 0.5) is 4.79 Å². The number of ether oxygens (including phenoxy) is 1. The number of primary sulfonamides is 1. The van der Waals surface area contributed by atoms with E-state index in [1.165, 1.54) is 14.0 Å². The number of carbonyl (C=O) groups is 1. The topological polar surface area (TPSA) is 232 Å². The van der Waals surface area contributed by atoms with Crippen molar-refractivity contribution in [1.29, 1.82) is 0 Å². The van der Waals surface area contributed by atoms with Crippen LogP contribution in [0, 0.1) is 20.2 Å². The third kappa shape index (κ3) is 6.16. The Morgan fingerprint density at radius 3 is 2.52 bits per heavy atom. The van der Waals surface area contributed by atoms with Gasteiger partial charge in [0.25, 0.3) is 20.2 Å². The molecule has 0 saturated carbocycles. The molecule has 0 bridgehead atoms. The van der Waals surface area contributed by atoms with Crippen LogP contribution >= 0.6 is 11.3 Å². The molecule has 1 aliphatic rings. The minimum absolute atomic E-state index is 0.00991. The summed E-state index contributed by atoms with van der Waals surface area (Å²) in [5.74, 6) is 0. The summed E-state index contributed by atoms with van der Waals surface area (Å²) < 4.78 is 53.9. The Balaban J connectivity index is 2.30. The van der Waals surface area contributed by atoms with Crippen molar-refractivity contribution in [3.8, 4) is 0 Å². The van der Waals surface area contributed by atoms with Crippen LogP contribution in [0.3, 0.4) is 0 Å². The van der Waals surface area contributed by atoms with Gasteiger partial charge in [-0.05, 0) is 13.0 Å². The number of sulfonamides is 2. The van der Waals surface area contributed by atoms with Gasteiger partial charge < -0.3 is 19.3 Å². The van der Waals surface area contributed by atoms with Crippen LogP contribution in [0.15, 0.2) is 14.5 Å². The highest BCUT2D eigenvalue weighted by molar-refractivity contribution is 7.94. The standard InChI is InChI=1S/C13H19N5O12S3/c1-3-16(13(19)28-6-8(30-18(22)23)7-29-17(20)21)10-5-15(2)33(26,27)12-9(10)4-11(31-12)32(14,24)25/h4,8,10H,3,5-7H2,1-2H3,(H2,14,24,25)/t8?,10-/m0/s1. The molecule has 1 aliphatic heterocycles. The average molecular weight is 534 g/mol. The van der Waals surface area contributed by atoms with Crippen molar-refractivity contribution in [3.63, 3.8) is 0 Å². The first kappa shape index (κ1) is 26.4. The van der Waals surface area contributed by atoms with Gasteiger partial charge in [0.15, 0.2) is 6.10 Å². The third-order valence-electron chi connectivity index (χ3n) is 4.36. The van der Waals surface area contributed by atoms with Crippen molar-refractivity contribution in [2.45, 2.75) is 27.5 Å². The number of carbonyl (C=O) groups excluding carboxylic acids is 1. The van der Waals surface area contributed by atoms with Gasteiger partial charge in [-0.3, -0.25) is 0 Å². The van der Waals surface area contributed by atoms with Gasteiger partial charge in [0.05, 0.1) is 6.04 Å². The number of likely N-dealkylation sites (N-methyl/N-ethyl adjacent to an activating group) is 2. The van der Waals surface area contributed by atoms with E-state index in [1.807, 2.05) is 0 Å². The molecule has 1 aromatic heterocycles. The summed E-state index contributed by atoms with van der Waals surface area (Å²) in [4.78, 5) is 42.8. The minimum atomic E-state index is -4.24. The van der Waals surface area contributed by atoms with E-state index in [0.717, 1.165) is 15.3 Å². The van der Waals surface area contributed by atoms with Gasteiger partial charge in [0.2, 0.25) is 10.0 Å². The Morgan fingerprint density at radius 2 is 2.00 bits per heavy atom. The summed E-state index contributed by atoms with van der Waals surface area (Å²) in [5.41, 5.74) is 0.00991. The lowest BCUT2D eigenvalue weighted by Crippen LogP contribution is -2.46. The van der Waals surface area contributed by atoms with Crippen molar-refractivity contribution in [3.05, 3.63) is 31.9 Å². The van der Waals surface area contributed by atoms with Gasteiger partial charge in [0.1, 0.15) is 21.6 Å². The van der Waals surface area contributed by atoms with E-state index < -0.39 is 65.9 Å². The predicted molar refractivity (Wildman–Crippen MR) is 107 cm³/mol. The quantitative estimate of drug-likeness (QED) is 0.291. The first-order valence-electron chi connectivity index (χ1n) is 8.83. The van der Waals surface area contributed by atoms with Crippen LogP contribution < -0.4 is 5.14 Å². The number of amides is 1. The second-order valence-corrected chi connectivity index (χ2v) is 11.6. The van der Waals surface area contributed by atoms with E-state index in [-0.39, 0.29) is 22.9 Å². The molecule has 2 N–H and O–H groups in total. The maximum atomic E-state index is 12.7. The Bertz CT molecular complexity index is 1130. The summed E-state index contributed by atoms with van der Waals surface area (Å²) in [5, 5.41) is 23.5. The number of hydrogen-bond acceptors (Lipinski definition) is 13. The molecule has 17 nitrogen and oxygen atoms in total. The molecule has 2 atom stereocenters. The fourth-order valence-electron chi connectivity index (χ4n) is 2.89. The molecule has 0 aromatic carbocycles. The molecule has 1 amide bonds. The normalized spacial score (nSPS) is 18.6. The lowest BCUT2D eigenvalue weighted by molar-refractivity contribution is -0.790. The van der Waals surface area contributed by atoms with Gasteiger partial charge in [-0.1, -0.05) is 0 Å². The highest BCUT2D eigenvalue weighted by Crippen LogP contribution is 2.41. The van der Waals surface area contributed by atoms with Crippen molar-refractivity contribution < 1.29 is 46.2 Å². The molecule has 0 aliphatic carbocycles. The highest BCUT2D eigenvalue weighted by atomic mass is 32.3. The molecule has 0 radical (unpaired) electrons. The molecule has 186 valence electrons. The molecular weight excluding hydrogens is 514 g/mol. The predicted octanol–water partition coefficient (Wildman–Crippen LogP) is -0.686. The van der Waals surface area contributed by atoms with E-state index in [9.17, 15) is 41.9 Å². The largest absolute Gasteiger partial charge is 0.447 e. The zero-order valence-electron chi connectivity index (χ0n) is 17.1.